The highest BCUT2D eigenvalue weighted by Gasteiger charge is 2.53. The largest absolute Gasteiger partial charge is 0.459 e. The van der Waals surface area contributed by atoms with E-state index in [1.807, 2.05) is 32.0 Å². The van der Waals surface area contributed by atoms with Crippen LogP contribution in [0.1, 0.15) is 80.2 Å². The van der Waals surface area contributed by atoms with Crippen molar-refractivity contribution in [3.8, 4) is 11.4 Å². The molecule has 342 valence electrons. The van der Waals surface area contributed by atoms with Crippen LogP contribution < -0.4 is 5.73 Å². The van der Waals surface area contributed by atoms with E-state index in [0.717, 1.165) is 0 Å². The number of aromatic nitrogens is 2. The van der Waals surface area contributed by atoms with E-state index in [0.29, 0.717) is 29.2 Å². The van der Waals surface area contributed by atoms with Crippen LogP contribution in [0.3, 0.4) is 0 Å². The third kappa shape index (κ3) is 11.2. The summed E-state index contributed by atoms with van der Waals surface area (Å²) < 4.78 is 32.2. The number of nitrogens with zero attached hydrogens (tertiary/aromatic N) is 6. The molecule has 3 fully saturated rings. The normalized spacial score (nSPS) is 36.7. The highest BCUT2D eigenvalue weighted by atomic mass is 16.7. The second-order valence-corrected chi connectivity index (χ2v) is 17.5. The minimum Gasteiger partial charge on any atom is -0.459 e. The van der Waals surface area contributed by atoms with Gasteiger partial charge < -0.3 is 49.4 Å². The van der Waals surface area contributed by atoms with Crippen molar-refractivity contribution >= 4 is 29.0 Å². The van der Waals surface area contributed by atoms with Crippen LogP contribution in [0.5, 0.6) is 0 Å². The third-order valence-electron chi connectivity index (χ3n) is 12.3. The Labute approximate surface area is 362 Å². The number of nitrogens with two attached hydrogens (primary N) is 1. The van der Waals surface area contributed by atoms with Gasteiger partial charge in [0, 0.05) is 35.6 Å². The smallest absolute Gasteiger partial charge is 0.387 e. The Hall–Kier alpha value is -4.50. The minimum atomic E-state index is -1.96. The second kappa shape index (κ2) is 20.3. The number of Topliss-reactive ketones (excluding diaryl/α,β-unsaturated/α-hetero) is 1. The predicted octanol–water partition coefficient (Wildman–Crippen LogP) is 3.70. The van der Waals surface area contributed by atoms with Gasteiger partial charge in [-0.15, -0.1) is 0 Å². The zero-order valence-corrected chi connectivity index (χ0v) is 37.3. The molecule has 2 aromatic heterocycles. The molecule has 3 saturated heterocycles. The van der Waals surface area contributed by atoms with Gasteiger partial charge in [0.05, 0.1) is 53.6 Å². The fraction of sp³-hybridized carbons (Fsp3) is 0.674. The number of ketones is 1. The Morgan fingerprint density at radius 1 is 1.05 bits per heavy atom. The Bertz CT molecular complexity index is 1950. The van der Waals surface area contributed by atoms with Crippen molar-refractivity contribution in [2.24, 2.45) is 33.9 Å². The van der Waals surface area contributed by atoms with Crippen molar-refractivity contribution in [3.63, 3.8) is 0 Å². The van der Waals surface area contributed by atoms with Gasteiger partial charge in [0.1, 0.15) is 52.5 Å². The van der Waals surface area contributed by atoms with Gasteiger partial charge in [-0.05, 0) is 79.3 Å². The number of fused-ring (bicyclic) bond motifs is 5. The lowest BCUT2D eigenvalue weighted by atomic mass is 9.74. The van der Waals surface area contributed by atoms with E-state index in [4.69, 9.17) is 34.3 Å². The molecule has 0 aliphatic carbocycles. The first-order valence-corrected chi connectivity index (χ1v) is 21.1. The molecule has 2 aromatic rings. The van der Waals surface area contributed by atoms with Crippen LogP contribution >= 0.6 is 0 Å². The summed E-state index contributed by atoms with van der Waals surface area (Å²) in [5.41, 5.74) is 4.63. The van der Waals surface area contributed by atoms with Crippen molar-refractivity contribution in [1.82, 2.24) is 14.9 Å². The van der Waals surface area contributed by atoms with Gasteiger partial charge in [0.15, 0.2) is 12.1 Å². The summed E-state index contributed by atoms with van der Waals surface area (Å²) >= 11 is 0. The SMILES string of the molecule is CC[C@H]1OC(=O)[C@H](C)C(=O)[C@H](C)[C@@H](O[C@@H]2O[C@H](C)C[C@H](N(C)C)[C@H]2O)[C@@]2(C)C[C@@H](C)C(=N[N+](=O)O)[C@H](C)[C@@H](OCC(=NOCc3ccc(-c4cccc(N)n4)nc3)CO2)[C@]1(C)O. The van der Waals surface area contributed by atoms with Gasteiger partial charge in [0.2, 0.25) is 0 Å². The molecule has 19 heteroatoms. The zero-order valence-electron chi connectivity index (χ0n) is 37.3. The number of ether oxygens (including phenoxy) is 5. The Morgan fingerprint density at radius 3 is 2.40 bits per heavy atom. The second-order valence-electron chi connectivity index (χ2n) is 17.5. The molecule has 0 aromatic carbocycles. The number of pyridine rings is 2. The van der Waals surface area contributed by atoms with E-state index < -0.39 is 82.4 Å². The summed E-state index contributed by atoms with van der Waals surface area (Å²) in [5.74, 6) is -5.10. The molecule has 19 nitrogen and oxygen atoms in total. The highest BCUT2D eigenvalue weighted by molar-refractivity contribution is 6.00. The molecule has 62 heavy (non-hydrogen) atoms. The molecule has 3 aliphatic rings. The number of hydrogen-bond acceptors (Lipinski definition) is 16. The average molecular weight is 871 g/mol. The summed E-state index contributed by atoms with van der Waals surface area (Å²) in [5, 5.41) is 41.9. The van der Waals surface area contributed by atoms with E-state index in [1.165, 1.54) is 13.8 Å². The number of oxime groups is 1. The van der Waals surface area contributed by atoms with Gasteiger partial charge in [0.25, 0.3) is 0 Å². The maximum atomic E-state index is 14.5. The van der Waals surface area contributed by atoms with Crippen LogP contribution in [-0.2, 0) is 44.7 Å². The molecule has 0 saturated carbocycles. The minimum absolute atomic E-state index is 0.000745. The van der Waals surface area contributed by atoms with Crippen LogP contribution in [0, 0.1) is 28.6 Å². The molecule has 3 aliphatic heterocycles. The van der Waals surface area contributed by atoms with Gasteiger partial charge in [-0.3, -0.25) is 14.6 Å². The molecule has 0 radical (unpaired) electrons. The molecular weight excluding hydrogens is 807 g/mol. The zero-order chi connectivity index (χ0) is 45.7. The van der Waals surface area contributed by atoms with Crippen molar-refractivity contribution in [2.45, 2.75) is 135 Å². The number of hydrazone groups is 1. The maximum Gasteiger partial charge on any atom is 0.387 e. The van der Waals surface area contributed by atoms with Crippen LogP contribution in [-0.4, -0.2) is 140 Å². The van der Waals surface area contributed by atoms with E-state index in [1.54, 1.807) is 65.1 Å². The van der Waals surface area contributed by atoms with Gasteiger partial charge in [-0.2, -0.15) is 0 Å². The van der Waals surface area contributed by atoms with Crippen LogP contribution in [0.25, 0.3) is 11.4 Å². The molecular formula is C43H64N7O12+. The van der Waals surface area contributed by atoms with Crippen molar-refractivity contribution in [2.75, 3.05) is 33.0 Å². The van der Waals surface area contributed by atoms with E-state index >= 15 is 0 Å². The summed E-state index contributed by atoms with van der Waals surface area (Å²) in [4.78, 5) is 57.2. The number of nitrogen functional groups attached to an aromatic ring is 1. The molecule has 5 rings (SSSR count). The monoisotopic (exact) mass is 870 g/mol. The Morgan fingerprint density at radius 2 is 1.77 bits per heavy atom. The number of aliphatic hydroxyl groups is 2. The maximum absolute atomic E-state index is 14.5. The number of hydrogen-bond donors (Lipinski definition) is 4. The number of carbonyl (C=O) groups is 2. The van der Waals surface area contributed by atoms with Crippen molar-refractivity contribution in [3.05, 3.63) is 47.0 Å². The number of carbonyl (C=O) groups excluding carboxylic acids is 2. The molecule has 13 atom stereocenters. The van der Waals surface area contributed by atoms with Gasteiger partial charge in [-0.1, -0.05) is 45.0 Å². The predicted molar refractivity (Wildman–Crippen MR) is 225 cm³/mol. The van der Waals surface area contributed by atoms with Gasteiger partial charge in [-0.25, -0.2) is 10.2 Å². The highest BCUT2D eigenvalue weighted by Crippen LogP contribution is 2.40. The first-order chi connectivity index (χ1) is 29.2. The quantitative estimate of drug-likeness (QED) is 0.159. The summed E-state index contributed by atoms with van der Waals surface area (Å²) in [6.45, 7) is 12.6. The molecule has 0 unspecified atom stereocenters. The number of likely N-dealkylation sites (N-methyl/N-ethyl adjacent to an activating group) is 1. The number of esters is 1. The van der Waals surface area contributed by atoms with E-state index in [9.17, 15) is 29.9 Å². The number of aliphatic hydroxyl groups excluding tert-OH is 1. The fourth-order valence-corrected chi connectivity index (χ4v) is 8.95. The lowest BCUT2D eigenvalue weighted by Gasteiger charge is -2.47. The fourth-order valence-electron chi connectivity index (χ4n) is 8.95. The molecule has 0 amide bonds. The van der Waals surface area contributed by atoms with Gasteiger partial charge >= 0.3 is 11.0 Å². The standard InChI is InChI=1S/C43H64N7O12/c1-11-33-43(8,54)39-25(4)35(47-50(55)56)23(2)18-42(7,38(26(5)36(51)27(6)40(53)61-33)62-41-37(52)32(49(9)10)17-24(3)60-41)58-22-29(21-57-39)48-59-20-28-15-16-30(45-19-28)31-13-12-14-34(44)46-31/h12-16,19,23-27,32-33,37-39,41,52,54H,11,17-18,20-22H2,1-10H3,(H2,44,46)(H,55,56)/q+1/t23-,24-,25+,26+,27-,32+,33-,37-,38-,39-,41+,42-,43-/m1/s1. The summed E-state index contributed by atoms with van der Waals surface area (Å²) in [6.07, 6.45) is -4.17. The summed E-state index contributed by atoms with van der Waals surface area (Å²) in [6, 6.07) is 8.50. The van der Waals surface area contributed by atoms with E-state index in [2.05, 4.69) is 20.2 Å². The lowest BCUT2D eigenvalue weighted by molar-refractivity contribution is -0.796. The number of cyclic esters (lactones) is 1. The molecule has 2 bridgehead atoms. The summed E-state index contributed by atoms with van der Waals surface area (Å²) in [7, 11) is 3.68. The number of anilines is 1. The van der Waals surface area contributed by atoms with E-state index in [-0.39, 0.29) is 56.2 Å². The van der Waals surface area contributed by atoms with Crippen molar-refractivity contribution < 1.29 is 58.6 Å². The molecule has 5 N–H and O–H groups in total. The molecule has 0 spiro atoms. The first kappa shape index (κ1) is 48.5. The number of rotatable bonds is 9. The van der Waals surface area contributed by atoms with Crippen molar-refractivity contribution in [1.29, 1.82) is 0 Å². The Kier molecular flexibility index (Phi) is 15.9. The average Bonchev–Trinajstić information content (AvgIpc) is 3.23. The van der Waals surface area contributed by atoms with Crippen LogP contribution in [0.2, 0.25) is 0 Å². The first-order valence-electron chi connectivity index (χ1n) is 21.1. The third-order valence-corrected chi connectivity index (χ3v) is 12.3. The van der Waals surface area contributed by atoms with Crippen LogP contribution in [0.15, 0.2) is 46.8 Å². The van der Waals surface area contributed by atoms with Crippen LogP contribution in [0.4, 0.5) is 5.82 Å². The lowest BCUT2D eigenvalue weighted by Crippen LogP contribution is -2.60. The molecule has 5 heterocycles. The topological polar surface area (TPSA) is 250 Å². The Balaban J connectivity index is 1.62.